The van der Waals surface area contributed by atoms with Gasteiger partial charge in [-0.1, -0.05) is 6.07 Å². The largest absolute Gasteiger partial charge is 0.391 e. The number of anilines is 1. The lowest BCUT2D eigenvalue weighted by Crippen LogP contribution is -2.27. The second-order valence-electron chi connectivity index (χ2n) is 4.23. The third-order valence-electron chi connectivity index (χ3n) is 3.18. The van der Waals surface area contributed by atoms with Gasteiger partial charge in [0.1, 0.15) is 5.82 Å². The van der Waals surface area contributed by atoms with E-state index in [9.17, 15) is 14.3 Å². The SMILES string of the molecule is NC(=O)C1CCN(c2cccc(F)c2CO)C1. The number of aliphatic hydroxyl groups excluding tert-OH is 1. The van der Waals surface area contributed by atoms with Crippen LogP contribution in [0.5, 0.6) is 0 Å². The maximum absolute atomic E-state index is 13.5. The Morgan fingerprint density at radius 2 is 2.35 bits per heavy atom. The van der Waals surface area contributed by atoms with Crippen LogP contribution in [-0.4, -0.2) is 24.1 Å². The molecule has 2 rings (SSSR count). The number of amides is 1. The number of carbonyl (C=O) groups is 1. The zero-order valence-electron chi connectivity index (χ0n) is 9.40. The van der Waals surface area contributed by atoms with Crippen LogP contribution < -0.4 is 10.6 Å². The van der Waals surface area contributed by atoms with E-state index in [0.29, 0.717) is 25.2 Å². The molecule has 1 fully saturated rings. The smallest absolute Gasteiger partial charge is 0.222 e. The van der Waals surface area contributed by atoms with Crippen molar-refractivity contribution >= 4 is 11.6 Å². The summed E-state index contributed by atoms with van der Waals surface area (Å²) in [7, 11) is 0. The van der Waals surface area contributed by atoms with Gasteiger partial charge in [-0.25, -0.2) is 4.39 Å². The minimum absolute atomic E-state index is 0.190. The number of nitrogens with two attached hydrogens (primary N) is 1. The standard InChI is InChI=1S/C12H15FN2O2/c13-10-2-1-3-11(9(10)7-16)15-5-4-8(6-15)12(14)17/h1-3,8,16H,4-7H2,(H2,14,17). The van der Waals surface area contributed by atoms with Crippen molar-refractivity contribution in [2.75, 3.05) is 18.0 Å². The van der Waals surface area contributed by atoms with E-state index in [1.165, 1.54) is 6.07 Å². The van der Waals surface area contributed by atoms with E-state index in [4.69, 9.17) is 5.73 Å². The molecule has 1 aliphatic heterocycles. The summed E-state index contributed by atoms with van der Waals surface area (Å²) in [5, 5.41) is 9.18. The normalized spacial score (nSPS) is 19.6. The van der Waals surface area contributed by atoms with Gasteiger partial charge in [-0.05, 0) is 18.6 Å². The number of halogens is 1. The molecule has 17 heavy (non-hydrogen) atoms. The average Bonchev–Trinajstić information content (AvgIpc) is 2.77. The van der Waals surface area contributed by atoms with E-state index in [1.54, 1.807) is 12.1 Å². The topological polar surface area (TPSA) is 66.6 Å². The van der Waals surface area contributed by atoms with Crippen molar-refractivity contribution < 1.29 is 14.3 Å². The van der Waals surface area contributed by atoms with Crippen LogP contribution in [0, 0.1) is 11.7 Å². The van der Waals surface area contributed by atoms with Crippen LogP contribution in [0.1, 0.15) is 12.0 Å². The fourth-order valence-corrected chi connectivity index (χ4v) is 2.21. The third kappa shape index (κ3) is 2.24. The molecular formula is C12H15FN2O2. The van der Waals surface area contributed by atoms with Crippen molar-refractivity contribution in [1.82, 2.24) is 0 Å². The van der Waals surface area contributed by atoms with Crippen molar-refractivity contribution in [3.05, 3.63) is 29.6 Å². The van der Waals surface area contributed by atoms with Crippen LogP contribution in [0.3, 0.4) is 0 Å². The summed E-state index contributed by atoms with van der Waals surface area (Å²) >= 11 is 0. The summed E-state index contributed by atoms with van der Waals surface area (Å²) in [5.74, 6) is -0.938. The van der Waals surface area contributed by atoms with Crippen LogP contribution in [0.15, 0.2) is 18.2 Å². The highest BCUT2D eigenvalue weighted by Gasteiger charge is 2.28. The second-order valence-corrected chi connectivity index (χ2v) is 4.23. The maximum atomic E-state index is 13.5. The molecule has 1 unspecified atom stereocenters. The monoisotopic (exact) mass is 238 g/mol. The molecule has 1 saturated heterocycles. The number of benzene rings is 1. The number of rotatable bonds is 3. The second kappa shape index (κ2) is 4.71. The van der Waals surface area contributed by atoms with Crippen LogP contribution in [0.25, 0.3) is 0 Å². The van der Waals surface area contributed by atoms with Crippen LogP contribution in [0.2, 0.25) is 0 Å². The summed E-state index contributed by atoms with van der Waals surface area (Å²) in [6.45, 7) is 0.801. The summed E-state index contributed by atoms with van der Waals surface area (Å²) in [6.07, 6.45) is 0.677. The molecule has 4 nitrogen and oxygen atoms in total. The van der Waals surface area contributed by atoms with Gasteiger partial charge in [-0.15, -0.1) is 0 Å². The van der Waals surface area contributed by atoms with Crippen molar-refractivity contribution in [2.45, 2.75) is 13.0 Å². The molecule has 1 aromatic rings. The zero-order valence-corrected chi connectivity index (χ0v) is 9.40. The summed E-state index contributed by atoms with van der Waals surface area (Å²) < 4.78 is 13.5. The number of hydrogen-bond donors (Lipinski definition) is 2. The minimum Gasteiger partial charge on any atom is -0.391 e. The van der Waals surface area contributed by atoms with Gasteiger partial charge < -0.3 is 15.7 Å². The van der Waals surface area contributed by atoms with Crippen LogP contribution >= 0.6 is 0 Å². The van der Waals surface area contributed by atoms with Gasteiger partial charge in [-0.3, -0.25) is 4.79 Å². The number of primary amides is 1. The van der Waals surface area contributed by atoms with Gasteiger partial charge in [0.25, 0.3) is 0 Å². The Kier molecular flexibility index (Phi) is 3.28. The molecule has 0 aromatic heterocycles. The first-order valence-corrected chi connectivity index (χ1v) is 5.56. The van der Waals surface area contributed by atoms with Gasteiger partial charge in [0.05, 0.1) is 12.5 Å². The predicted molar refractivity (Wildman–Crippen MR) is 61.8 cm³/mol. The highest BCUT2D eigenvalue weighted by molar-refractivity contribution is 5.78. The molecule has 1 atom stereocenters. The molecule has 0 aliphatic carbocycles. The number of hydrogen-bond acceptors (Lipinski definition) is 3. The lowest BCUT2D eigenvalue weighted by molar-refractivity contribution is -0.121. The first-order chi connectivity index (χ1) is 8.13. The molecule has 0 saturated carbocycles. The van der Waals surface area contributed by atoms with Crippen LogP contribution in [-0.2, 0) is 11.4 Å². The fraction of sp³-hybridized carbons (Fsp3) is 0.417. The highest BCUT2D eigenvalue weighted by Crippen LogP contribution is 2.28. The zero-order chi connectivity index (χ0) is 12.4. The molecule has 3 N–H and O–H groups in total. The van der Waals surface area contributed by atoms with Crippen LogP contribution in [0.4, 0.5) is 10.1 Å². The molecule has 1 heterocycles. The summed E-state index contributed by atoms with van der Waals surface area (Å²) in [6, 6.07) is 4.66. The van der Waals surface area contributed by atoms with E-state index < -0.39 is 5.82 Å². The Labute approximate surface area is 98.8 Å². The molecule has 0 bridgehead atoms. The molecule has 1 amide bonds. The first-order valence-electron chi connectivity index (χ1n) is 5.56. The maximum Gasteiger partial charge on any atom is 0.222 e. The number of aliphatic hydroxyl groups is 1. The Bertz CT molecular complexity index is 437. The van der Waals surface area contributed by atoms with E-state index >= 15 is 0 Å². The molecule has 0 spiro atoms. The summed E-state index contributed by atoms with van der Waals surface area (Å²) in [4.78, 5) is 13.0. The Hall–Kier alpha value is -1.62. The lowest BCUT2D eigenvalue weighted by atomic mass is 10.1. The Morgan fingerprint density at radius 3 is 2.94 bits per heavy atom. The molecule has 1 aromatic carbocycles. The number of carbonyl (C=O) groups excluding carboxylic acids is 1. The van der Waals surface area contributed by atoms with Gasteiger partial charge in [0.2, 0.25) is 5.91 Å². The van der Waals surface area contributed by atoms with Crippen molar-refractivity contribution in [2.24, 2.45) is 11.7 Å². The van der Waals surface area contributed by atoms with Gasteiger partial charge >= 0.3 is 0 Å². The minimum atomic E-state index is -0.424. The quantitative estimate of drug-likeness (QED) is 0.811. The van der Waals surface area contributed by atoms with Crippen molar-refractivity contribution in [3.63, 3.8) is 0 Å². The molecule has 5 heteroatoms. The van der Waals surface area contributed by atoms with Crippen molar-refractivity contribution in [1.29, 1.82) is 0 Å². The predicted octanol–water partition coefficient (Wildman–Crippen LogP) is 0.630. The van der Waals surface area contributed by atoms with E-state index in [2.05, 4.69) is 0 Å². The fourth-order valence-electron chi connectivity index (χ4n) is 2.21. The molecular weight excluding hydrogens is 223 g/mol. The van der Waals surface area contributed by atoms with Crippen molar-refractivity contribution in [3.8, 4) is 0 Å². The third-order valence-corrected chi connectivity index (χ3v) is 3.18. The van der Waals surface area contributed by atoms with E-state index in [1.807, 2.05) is 4.90 Å². The Morgan fingerprint density at radius 1 is 1.59 bits per heavy atom. The molecule has 1 aliphatic rings. The number of nitrogens with zero attached hydrogens (tertiary/aromatic N) is 1. The van der Waals surface area contributed by atoms with Gasteiger partial charge in [-0.2, -0.15) is 0 Å². The average molecular weight is 238 g/mol. The van der Waals surface area contributed by atoms with E-state index in [0.717, 1.165) is 0 Å². The lowest BCUT2D eigenvalue weighted by Gasteiger charge is -2.21. The van der Waals surface area contributed by atoms with Gasteiger partial charge in [0.15, 0.2) is 0 Å². The molecule has 92 valence electrons. The Balaban J connectivity index is 2.24. The highest BCUT2D eigenvalue weighted by atomic mass is 19.1. The van der Waals surface area contributed by atoms with E-state index in [-0.39, 0.29) is 24.0 Å². The first kappa shape index (κ1) is 11.9. The molecule has 0 radical (unpaired) electrons. The van der Waals surface area contributed by atoms with Gasteiger partial charge in [0, 0.05) is 24.3 Å². The summed E-state index contributed by atoms with van der Waals surface area (Å²) in [5.41, 5.74) is 6.17.